The molecule has 1 aromatic rings. The summed E-state index contributed by atoms with van der Waals surface area (Å²) in [6, 6.07) is 0. The molecular weight excluding hydrogens is 150 g/mol. The van der Waals surface area contributed by atoms with Crippen molar-refractivity contribution >= 4 is 10.3 Å². The number of nitrogens with zero attached hydrogens (tertiary/aromatic N) is 1. The maximum Gasteiger partial charge on any atom is 0.369 e. The van der Waals surface area contributed by atoms with Crippen molar-refractivity contribution in [3.05, 3.63) is 20.7 Å². The predicted molar refractivity (Wildman–Crippen MR) is 26.3 cm³/mol. The summed E-state index contributed by atoms with van der Waals surface area (Å²) in [5.74, 6) is 0. The summed E-state index contributed by atoms with van der Waals surface area (Å²) in [6.45, 7) is 0. The largest absolute Gasteiger partial charge is 0.369 e. The first-order valence-electron chi connectivity index (χ1n) is 1.80. The second-order valence-electron chi connectivity index (χ2n) is 1.35. The van der Waals surface area contributed by atoms with Gasteiger partial charge in [0.2, 0.25) is 0 Å². The Labute approximate surface area is 48.9 Å². The molecule has 7 heteroatoms. The molecule has 0 spiro atoms. The lowest BCUT2D eigenvalue weighted by Gasteiger charge is -1.78. The van der Waals surface area contributed by atoms with Gasteiger partial charge < -0.3 is 0 Å². The van der Waals surface area contributed by atoms with E-state index in [0.717, 1.165) is 0 Å². The molecule has 0 saturated heterocycles. The summed E-state index contributed by atoms with van der Waals surface area (Å²) in [4.78, 5) is 19.8. The van der Waals surface area contributed by atoms with Crippen LogP contribution in [0.15, 0.2) is 9.59 Å². The van der Waals surface area contributed by atoms with Crippen LogP contribution in [0, 0.1) is 0 Å². The molecule has 0 aliphatic heterocycles. The Morgan fingerprint density at radius 1 is 1.22 bits per heavy atom. The Bertz CT molecular complexity index is 364. The van der Waals surface area contributed by atoms with E-state index in [1.807, 2.05) is 0 Å². The molecule has 50 valence electrons. The van der Waals surface area contributed by atoms with Crippen LogP contribution in [0.2, 0.25) is 0 Å². The minimum atomic E-state index is -4.59. The van der Waals surface area contributed by atoms with E-state index in [-0.39, 0.29) is 3.97 Å². The molecule has 1 heterocycles. The normalized spacial score (nSPS) is 12.6. The Balaban J connectivity index is 3.41. The summed E-state index contributed by atoms with van der Waals surface area (Å²) in [6.07, 6.45) is 0. The fourth-order valence-corrected chi connectivity index (χ4v) is 0.866. The third-order valence-corrected chi connectivity index (χ3v) is 1.53. The maximum atomic E-state index is 9.90. The molecule has 1 rings (SSSR count). The van der Waals surface area contributed by atoms with Gasteiger partial charge in [0.05, 0.1) is 0 Å². The molecular formula is C2HNO5S. The van der Waals surface area contributed by atoms with Crippen LogP contribution in [0.1, 0.15) is 0 Å². The minimum Gasteiger partial charge on any atom is -0.269 e. The lowest BCUT2D eigenvalue weighted by Crippen LogP contribution is -2.08. The second kappa shape index (κ2) is 1.31. The van der Waals surface area contributed by atoms with Gasteiger partial charge in [0.1, 0.15) is 0 Å². The molecule has 1 aromatic heterocycles. The van der Waals surface area contributed by atoms with Gasteiger partial charge in [0.15, 0.2) is 0 Å². The zero-order valence-corrected chi connectivity index (χ0v) is 4.75. The first-order chi connectivity index (χ1) is 3.94. The molecule has 0 bridgehead atoms. The maximum absolute atomic E-state index is 9.90. The summed E-state index contributed by atoms with van der Waals surface area (Å²) < 4.78 is 27.4. The van der Waals surface area contributed by atoms with E-state index >= 15 is 0 Å². The highest BCUT2D eigenvalue weighted by Crippen LogP contribution is 1.79. The molecule has 0 aromatic carbocycles. The number of aromatic nitrogens is 1. The zero-order chi connectivity index (χ0) is 7.23. The lowest BCUT2D eigenvalue weighted by molar-refractivity contribution is 0.475. The van der Waals surface area contributed by atoms with E-state index in [1.54, 1.807) is 0 Å². The van der Waals surface area contributed by atoms with Gasteiger partial charge in [-0.25, -0.2) is 0 Å². The summed E-state index contributed by atoms with van der Waals surface area (Å²) in [5.41, 5.74) is -2.39. The number of hydrogen-bond donors (Lipinski definition) is 1. The molecule has 0 aliphatic rings. The van der Waals surface area contributed by atoms with Gasteiger partial charge in [-0.05, 0) is 0 Å². The minimum absolute atomic E-state index is 0.229. The van der Waals surface area contributed by atoms with E-state index < -0.39 is 21.4 Å². The van der Waals surface area contributed by atoms with Crippen molar-refractivity contribution < 1.29 is 13.0 Å². The highest BCUT2D eigenvalue weighted by atomic mass is 32.2. The summed E-state index contributed by atoms with van der Waals surface area (Å²) >= 11 is 0. The Morgan fingerprint density at radius 3 is 1.56 bits per heavy atom. The van der Waals surface area contributed by atoms with Crippen molar-refractivity contribution in [1.82, 2.24) is 3.97 Å². The van der Waals surface area contributed by atoms with Crippen molar-refractivity contribution in [1.29, 1.82) is 0 Å². The van der Waals surface area contributed by atoms with Crippen LogP contribution >= 0.6 is 0 Å². The van der Waals surface area contributed by atoms with Crippen LogP contribution in [0.4, 0.5) is 0 Å². The zero-order valence-electron chi connectivity index (χ0n) is 3.94. The molecule has 6 nitrogen and oxygen atoms in total. The molecule has 0 fully saturated rings. The quantitative estimate of drug-likeness (QED) is 0.361. The van der Waals surface area contributed by atoms with Crippen LogP contribution in [-0.4, -0.2) is 16.9 Å². The average molecular weight is 151 g/mol. The van der Waals surface area contributed by atoms with Crippen LogP contribution in [-0.2, 0) is 10.3 Å². The van der Waals surface area contributed by atoms with Gasteiger partial charge in [-0.2, -0.15) is 8.42 Å². The van der Waals surface area contributed by atoms with E-state index in [1.165, 1.54) is 0 Å². The van der Waals surface area contributed by atoms with E-state index in [4.69, 9.17) is 4.55 Å². The fourth-order valence-electron chi connectivity index (χ4n) is 0.332. The molecule has 0 unspecified atom stereocenters. The summed E-state index contributed by atoms with van der Waals surface area (Å²) in [7, 11) is -4.59. The van der Waals surface area contributed by atoms with Crippen LogP contribution in [0.3, 0.4) is 0 Å². The highest BCUT2D eigenvalue weighted by molar-refractivity contribution is 7.84. The predicted octanol–water partition coefficient (Wildman–Crippen LogP) is -2.26. The smallest absolute Gasteiger partial charge is 0.269 e. The van der Waals surface area contributed by atoms with Crippen molar-refractivity contribution in [3.8, 4) is 0 Å². The Morgan fingerprint density at radius 2 is 1.56 bits per heavy atom. The number of hydrogen-bond acceptors (Lipinski definition) is 4. The molecule has 1 N–H and O–H groups in total. The van der Waals surface area contributed by atoms with Crippen LogP contribution < -0.4 is 11.1 Å². The van der Waals surface area contributed by atoms with Crippen molar-refractivity contribution in [3.63, 3.8) is 0 Å². The van der Waals surface area contributed by atoms with Gasteiger partial charge in [0, 0.05) is 0 Å². The van der Waals surface area contributed by atoms with Crippen molar-refractivity contribution in [2.75, 3.05) is 0 Å². The fraction of sp³-hybridized carbons (Fsp3) is 0. The second-order valence-corrected chi connectivity index (χ2v) is 2.61. The topological polar surface area (TPSA) is 93.4 Å². The SMILES string of the molecule is O=c1c(=O)n1S(=O)(=O)O. The van der Waals surface area contributed by atoms with E-state index in [0.29, 0.717) is 0 Å². The van der Waals surface area contributed by atoms with E-state index in [2.05, 4.69) is 0 Å². The van der Waals surface area contributed by atoms with Gasteiger partial charge in [-0.3, -0.25) is 14.1 Å². The van der Waals surface area contributed by atoms with Gasteiger partial charge in [-0.1, -0.05) is 0 Å². The third-order valence-electron chi connectivity index (χ3n) is 0.733. The lowest BCUT2D eigenvalue weighted by atomic mass is 11.1. The molecule has 9 heavy (non-hydrogen) atoms. The van der Waals surface area contributed by atoms with E-state index in [9.17, 15) is 18.0 Å². The molecule has 0 amide bonds. The standard InChI is InChI=1S/C2HNO5S/c4-1-2(5)3(1)9(6,7)8/h(H,6,7,8). The van der Waals surface area contributed by atoms with Gasteiger partial charge in [0.25, 0.3) is 0 Å². The highest BCUT2D eigenvalue weighted by Gasteiger charge is 2.26. The molecule has 0 radical (unpaired) electrons. The Hall–Kier alpha value is -0.950. The van der Waals surface area contributed by atoms with Gasteiger partial charge >= 0.3 is 21.4 Å². The van der Waals surface area contributed by atoms with Crippen molar-refractivity contribution in [2.45, 2.75) is 0 Å². The monoisotopic (exact) mass is 151 g/mol. The van der Waals surface area contributed by atoms with Gasteiger partial charge in [-0.15, -0.1) is 3.97 Å². The number of rotatable bonds is 1. The summed E-state index contributed by atoms with van der Waals surface area (Å²) in [5, 5.41) is 0. The molecule has 0 atom stereocenters. The first kappa shape index (κ1) is 6.17. The molecule has 0 saturated carbocycles. The third kappa shape index (κ3) is 0.794. The van der Waals surface area contributed by atoms with Crippen molar-refractivity contribution in [2.24, 2.45) is 0 Å². The van der Waals surface area contributed by atoms with Crippen LogP contribution in [0.5, 0.6) is 0 Å². The van der Waals surface area contributed by atoms with Crippen LogP contribution in [0.25, 0.3) is 0 Å². The Kier molecular flexibility index (Phi) is 0.897. The average Bonchev–Trinajstić information content (AvgIpc) is 2.11. The first-order valence-corrected chi connectivity index (χ1v) is 3.20. The molecule has 0 aliphatic carbocycles.